The van der Waals surface area contributed by atoms with Gasteiger partial charge in [-0.2, -0.15) is 0 Å². The molecule has 0 N–H and O–H groups in total. The summed E-state index contributed by atoms with van der Waals surface area (Å²) in [6.45, 7) is 10.6. The first kappa shape index (κ1) is 17.5. The highest BCUT2D eigenvalue weighted by Crippen LogP contribution is 2.46. The van der Waals surface area contributed by atoms with Gasteiger partial charge in [0.25, 0.3) is 0 Å². The number of carbonyl (C=O) groups is 2. The van der Waals surface area contributed by atoms with Crippen LogP contribution < -0.4 is 0 Å². The zero-order valence-corrected chi connectivity index (χ0v) is 15.6. The topological polar surface area (TPSA) is 43.4 Å². The fourth-order valence-corrected chi connectivity index (χ4v) is 5.45. The SMILES string of the molecule is CCOC(=O)c1sc(S[C@H](C)CC)c2c1CC(C)(C)CC2=O. The predicted molar refractivity (Wildman–Crippen MR) is 92.3 cm³/mol. The summed E-state index contributed by atoms with van der Waals surface area (Å²) in [6, 6.07) is 0. The summed E-state index contributed by atoms with van der Waals surface area (Å²) in [7, 11) is 0. The van der Waals surface area contributed by atoms with Crippen molar-refractivity contribution in [3.8, 4) is 0 Å². The molecule has 0 saturated heterocycles. The van der Waals surface area contributed by atoms with Crippen molar-refractivity contribution in [2.45, 2.75) is 63.3 Å². The summed E-state index contributed by atoms with van der Waals surface area (Å²) in [5.41, 5.74) is 1.61. The highest BCUT2D eigenvalue weighted by atomic mass is 32.2. The Morgan fingerprint density at radius 2 is 2.05 bits per heavy atom. The molecule has 1 aromatic heterocycles. The summed E-state index contributed by atoms with van der Waals surface area (Å²) in [4.78, 5) is 25.5. The van der Waals surface area contributed by atoms with Gasteiger partial charge in [-0.1, -0.05) is 27.7 Å². The second kappa shape index (κ2) is 6.75. The van der Waals surface area contributed by atoms with Gasteiger partial charge in [-0.25, -0.2) is 4.79 Å². The third-order valence-corrected chi connectivity index (χ3v) is 6.59. The summed E-state index contributed by atoms with van der Waals surface area (Å²) in [5.74, 6) is -0.117. The van der Waals surface area contributed by atoms with E-state index in [2.05, 4.69) is 27.7 Å². The lowest BCUT2D eigenvalue weighted by atomic mass is 9.74. The lowest BCUT2D eigenvalue weighted by molar-refractivity contribution is 0.0530. The molecule has 0 unspecified atom stereocenters. The van der Waals surface area contributed by atoms with Crippen LogP contribution in [0.25, 0.3) is 0 Å². The zero-order chi connectivity index (χ0) is 16.5. The molecule has 22 heavy (non-hydrogen) atoms. The molecule has 1 aliphatic carbocycles. The number of hydrogen-bond acceptors (Lipinski definition) is 5. The molecule has 2 rings (SSSR count). The molecule has 3 nitrogen and oxygen atoms in total. The molecule has 0 saturated carbocycles. The monoisotopic (exact) mass is 340 g/mol. The van der Waals surface area contributed by atoms with Crippen LogP contribution in [-0.2, 0) is 11.2 Å². The van der Waals surface area contributed by atoms with E-state index < -0.39 is 0 Å². The van der Waals surface area contributed by atoms with E-state index in [1.807, 2.05) is 6.92 Å². The molecule has 0 aromatic carbocycles. The highest BCUT2D eigenvalue weighted by molar-refractivity contribution is 8.01. The smallest absolute Gasteiger partial charge is 0.348 e. The molecule has 1 aliphatic rings. The van der Waals surface area contributed by atoms with E-state index in [4.69, 9.17) is 4.74 Å². The Kier molecular flexibility index (Phi) is 5.38. The molecule has 122 valence electrons. The van der Waals surface area contributed by atoms with Crippen LogP contribution in [-0.4, -0.2) is 23.6 Å². The number of thiophene rings is 1. The molecular weight excluding hydrogens is 316 g/mol. The Hall–Kier alpha value is -0.810. The first-order chi connectivity index (χ1) is 10.3. The molecule has 0 radical (unpaired) electrons. The number of carbonyl (C=O) groups excluding carboxylic acids is 2. The zero-order valence-electron chi connectivity index (χ0n) is 13.9. The quantitative estimate of drug-likeness (QED) is 0.560. The van der Waals surface area contributed by atoms with Crippen LogP contribution in [0, 0.1) is 5.41 Å². The maximum Gasteiger partial charge on any atom is 0.348 e. The third kappa shape index (κ3) is 3.57. The van der Waals surface area contributed by atoms with Gasteiger partial charge in [0.05, 0.1) is 10.8 Å². The Labute approximate surface area is 140 Å². The van der Waals surface area contributed by atoms with Crippen LogP contribution >= 0.6 is 23.1 Å². The van der Waals surface area contributed by atoms with E-state index >= 15 is 0 Å². The molecule has 0 spiro atoms. The van der Waals surface area contributed by atoms with Gasteiger partial charge >= 0.3 is 5.97 Å². The van der Waals surface area contributed by atoms with Crippen LogP contribution in [0.5, 0.6) is 0 Å². The average Bonchev–Trinajstić information content (AvgIpc) is 2.76. The molecule has 0 amide bonds. The highest BCUT2D eigenvalue weighted by Gasteiger charge is 2.38. The Balaban J connectivity index is 2.50. The second-order valence-electron chi connectivity index (χ2n) is 6.57. The van der Waals surface area contributed by atoms with Gasteiger partial charge in [-0.3, -0.25) is 4.79 Å². The first-order valence-electron chi connectivity index (χ1n) is 7.81. The summed E-state index contributed by atoms with van der Waals surface area (Å²) in [5, 5.41) is 0.431. The lowest BCUT2D eigenvalue weighted by Gasteiger charge is -2.29. The molecule has 1 heterocycles. The summed E-state index contributed by atoms with van der Waals surface area (Å²) < 4.78 is 6.19. The number of fused-ring (bicyclic) bond motifs is 1. The van der Waals surface area contributed by atoms with Gasteiger partial charge in [0, 0.05) is 17.2 Å². The van der Waals surface area contributed by atoms with Gasteiger partial charge in [0.1, 0.15) is 4.88 Å². The fraction of sp³-hybridized carbons (Fsp3) is 0.647. The number of thioether (sulfide) groups is 1. The van der Waals surface area contributed by atoms with Crippen molar-refractivity contribution in [3.05, 3.63) is 16.0 Å². The molecule has 1 aromatic rings. The van der Waals surface area contributed by atoms with Crippen LogP contribution in [0.2, 0.25) is 0 Å². The van der Waals surface area contributed by atoms with Crippen LogP contribution in [0.3, 0.4) is 0 Å². The van der Waals surface area contributed by atoms with Crippen molar-refractivity contribution >= 4 is 34.9 Å². The number of ether oxygens (including phenoxy) is 1. The van der Waals surface area contributed by atoms with E-state index in [0.717, 1.165) is 28.2 Å². The van der Waals surface area contributed by atoms with Gasteiger partial charge < -0.3 is 4.74 Å². The minimum absolute atomic E-state index is 0.0925. The maximum atomic E-state index is 12.6. The van der Waals surface area contributed by atoms with E-state index in [1.54, 1.807) is 11.8 Å². The minimum Gasteiger partial charge on any atom is -0.462 e. The number of rotatable bonds is 5. The van der Waals surface area contributed by atoms with Crippen molar-refractivity contribution < 1.29 is 14.3 Å². The van der Waals surface area contributed by atoms with Crippen LogP contribution in [0.1, 0.15) is 73.1 Å². The molecule has 0 fully saturated rings. The van der Waals surface area contributed by atoms with E-state index in [1.165, 1.54) is 11.3 Å². The second-order valence-corrected chi connectivity index (χ2v) is 9.30. The van der Waals surface area contributed by atoms with Gasteiger partial charge in [0.2, 0.25) is 0 Å². The minimum atomic E-state index is -0.287. The largest absolute Gasteiger partial charge is 0.462 e. The normalized spacial score (nSPS) is 18.0. The van der Waals surface area contributed by atoms with Crippen molar-refractivity contribution in [1.82, 2.24) is 0 Å². The standard InChI is InChI=1S/C17H24O3S2/c1-6-10(3)21-16-13-11(8-17(4,5)9-12(13)18)14(22-16)15(19)20-7-2/h10H,6-9H2,1-5H3/t10-/m1/s1. The average molecular weight is 341 g/mol. The molecule has 0 bridgehead atoms. The van der Waals surface area contributed by atoms with Crippen molar-refractivity contribution in [1.29, 1.82) is 0 Å². The molecule has 1 atom stereocenters. The van der Waals surface area contributed by atoms with Crippen molar-refractivity contribution in [3.63, 3.8) is 0 Å². The van der Waals surface area contributed by atoms with Gasteiger partial charge in [0.15, 0.2) is 5.78 Å². The van der Waals surface area contributed by atoms with Gasteiger partial charge in [-0.05, 0) is 30.7 Å². The van der Waals surface area contributed by atoms with E-state index in [-0.39, 0.29) is 17.2 Å². The van der Waals surface area contributed by atoms with Crippen LogP contribution in [0.4, 0.5) is 0 Å². The number of hydrogen-bond donors (Lipinski definition) is 0. The van der Waals surface area contributed by atoms with Crippen LogP contribution in [0.15, 0.2) is 4.21 Å². The fourth-order valence-electron chi connectivity index (χ4n) is 2.67. The summed E-state index contributed by atoms with van der Waals surface area (Å²) in [6.07, 6.45) is 2.35. The Morgan fingerprint density at radius 1 is 1.36 bits per heavy atom. The number of Topliss-reactive ketones (excluding diaryl/α,β-unsaturated/α-hetero) is 1. The molecular formula is C17H24O3S2. The predicted octanol–water partition coefficient (Wildman–Crippen LogP) is 4.97. The van der Waals surface area contributed by atoms with Gasteiger partial charge in [-0.15, -0.1) is 23.1 Å². The number of esters is 1. The maximum absolute atomic E-state index is 12.6. The first-order valence-corrected chi connectivity index (χ1v) is 9.51. The summed E-state index contributed by atoms with van der Waals surface area (Å²) >= 11 is 3.15. The Bertz CT molecular complexity index is 587. The van der Waals surface area contributed by atoms with E-state index in [0.29, 0.717) is 23.2 Å². The third-order valence-electron chi connectivity index (χ3n) is 3.89. The molecule has 0 aliphatic heterocycles. The number of ketones is 1. The van der Waals surface area contributed by atoms with Crippen molar-refractivity contribution in [2.75, 3.05) is 6.61 Å². The molecule has 5 heteroatoms. The van der Waals surface area contributed by atoms with Crippen molar-refractivity contribution in [2.24, 2.45) is 5.41 Å². The Morgan fingerprint density at radius 3 is 2.64 bits per heavy atom. The lowest BCUT2D eigenvalue weighted by Crippen LogP contribution is -2.27. The van der Waals surface area contributed by atoms with E-state index in [9.17, 15) is 9.59 Å².